The summed E-state index contributed by atoms with van der Waals surface area (Å²) in [5.74, 6) is 1.96. The lowest BCUT2D eigenvalue weighted by Gasteiger charge is -2.13. The Kier molecular flexibility index (Phi) is 7.14. The van der Waals surface area contributed by atoms with Gasteiger partial charge in [0.25, 0.3) is 0 Å². The first kappa shape index (κ1) is 18.6. The molecular weight excluding hydrogens is 314 g/mol. The summed E-state index contributed by atoms with van der Waals surface area (Å²) in [5.41, 5.74) is 3.46. The molecule has 2 rings (SSSR count). The number of rotatable bonds is 7. The summed E-state index contributed by atoms with van der Waals surface area (Å²) in [6.07, 6.45) is 0.856. The third-order valence-electron chi connectivity index (χ3n) is 3.82. The minimum absolute atomic E-state index is 0.268. The summed E-state index contributed by atoms with van der Waals surface area (Å²) in [6, 6.07) is 13.3. The second-order valence-electron chi connectivity index (χ2n) is 5.85. The number of hydrogen-bond acceptors (Lipinski definition) is 3. The molecule has 0 radical (unpaired) electrons. The summed E-state index contributed by atoms with van der Waals surface area (Å²) in [4.78, 5) is 4.59. The van der Waals surface area contributed by atoms with Crippen molar-refractivity contribution in [2.24, 2.45) is 4.99 Å². The highest BCUT2D eigenvalue weighted by atomic mass is 16.5. The Bertz CT molecular complexity index is 697. The number of nitrogens with one attached hydrogen (secondary N) is 2. The third kappa shape index (κ3) is 6.03. The zero-order chi connectivity index (χ0) is 18.1. The number of aliphatic imine (C=N–C) groups is 1. The van der Waals surface area contributed by atoms with E-state index in [-0.39, 0.29) is 5.75 Å². The predicted octanol–water partition coefficient (Wildman–Crippen LogP) is 3.01. The molecule has 2 aromatic rings. The molecule has 0 saturated heterocycles. The Morgan fingerprint density at radius 2 is 1.88 bits per heavy atom. The van der Waals surface area contributed by atoms with Crippen molar-refractivity contribution in [3.63, 3.8) is 0 Å². The van der Waals surface area contributed by atoms with Crippen LogP contribution < -0.4 is 15.4 Å². The standard InChI is InChI=1S/C20H27N3O2/c1-4-21-20(23-14-16-6-8-18(24)9-7-16)22-12-11-17-13-15(2)5-10-19(17)25-3/h5-10,13,24H,4,11-12,14H2,1-3H3,(H2,21,22,23). The number of phenolic OH excluding ortho intramolecular Hbond substituents is 1. The number of guanidine groups is 1. The van der Waals surface area contributed by atoms with Crippen LogP contribution in [-0.2, 0) is 13.0 Å². The van der Waals surface area contributed by atoms with Gasteiger partial charge >= 0.3 is 0 Å². The number of benzene rings is 2. The number of methoxy groups -OCH3 is 1. The van der Waals surface area contributed by atoms with E-state index >= 15 is 0 Å². The van der Waals surface area contributed by atoms with Crippen molar-refractivity contribution >= 4 is 5.96 Å². The van der Waals surface area contributed by atoms with Crippen LogP contribution in [0.2, 0.25) is 0 Å². The van der Waals surface area contributed by atoms with Crippen molar-refractivity contribution in [2.45, 2.75) is 26.8 Å². The first-order valence-electron chi connectivity index (χ1n) is 8.56. The molecule has 0 atom stereocenters. The van der Waals surface area contributed by atoms with Crippen LogP contribution in [0.4, 0.5) is 0 Å². The van der Waals surface area contributed by atoms with Crippen molar-refractivity contribution in [1.82, 2.24) is 10.6 Å². The SMILES string of the molecule is CCNC(=NCc1ccc(O)cc1)NCCc1cc(C)ccc1OC. The fourth-order valence-corrected chi connectivity index (χ4v) is 2.53. The molecule has 5 nitrogen and oxygen atoms in total. The van der Waals surface area contributed by atoms with E-state index in [2.05, 4.69) is 34.7 Å². The topological polar surface area (TPSA) is 65.9 Å². The predicted molar refractivity (Wildman–Crippen MR) is 102 cm³/mol. The van der Waals surface area contributed by atoms with Crippen LogP contribution in [0, 0.1) is 6.92 Å². The van der Waals surface area contributed by atoms with Gasteiger partial charge < -0.3 is 20.5 Å². The van der Waals surface area contributed by atoms with Crippen molar-refractivity contribution in [2.75, 3.05) is 20.2 Å². The summed E-state index contributed by atoms with van der Waals surface area (Å²) < 4.78 is 5.43. The Morgan fingerprint density at radius 1 is 1.12 bits per heavy atom. The van der Waals surface area contributed by atoms with Gasteiger partial charge in [-0.25, -0.2) is 4.99 Å². The molecule has 0 amide bonds. The zero-order valence-corrected chi connectivity index (χ0v) is 15.2. The second kappa shape index (κ2) is 9.57. The minimum Gasteiger partial charge on any atom is -0.508 e. The monoisotopic (exact) mass is 341 g/mol. The van der Waals surface area contributed by atoms with Gasteiger partial charge in [-0.15, -0.1) is 0 Å². The molecular formula is C20H27N3O2. The highest BCUT2D eigenvalue weighted by Crippen LogP contribution is 2.19. The van der Waals surface area contributed by atoms with Gasteiger partial charge in [-0.05, 0) is 49.6 Å². The number of aryl methyl sites for hydroxylation is 1. The summed E-state index contributed by atoms with van der Waals surface area (Å²) >= 11 is 0. The van der Waals surface area contributed by atoms with E-state index in [1.165, 1.54) is 11.1 Å². The smallest absolute Gasteiger partial charge is 0.191 e. The van der Waals surface area contributed by atoms with Gasteiger partial charge in [-0.2, -0.15) is 0 Å². The molecule has 0 aliphatic rings. The number of aromatic hydroxyl groups is 1. The summed E-state index contributed by atoms with van der Waals surface area (Å²) in [6.45, 7) is 6.25. The molecule has 0 heterocycles. The maximum absolute atomic E-state index is 9.33. The first-order chi connectivity index (χ1) is 12.1. The quantitative estimate of drug-likeness (QED) is 0.535. The van der Waals surface area contributed by atoms with Crippen LogP contribution in [0.15, 0.2) is 47.5 Å². The lowest BCUT2D eigenvalue weighted by Crippen LogP contribution is -2.38. The third-order valence-corrected chi connectivity index (χ3v) is 3.82. The molecule has 2 aromatic carbocycles. The molecule has 0 aliphatic heterocycles. The van der Waals surface area contributed by atoms with Crippen molar-refractivity contribution in [3.8, 4) is 11.5 Å². The Morgan fingerprint density at radius 3 is 2.56 bits per heavy atom. The molecule has 3 N–H and O–H groups in total. The molecule has 0 saturated carbocycles. The molecule has 0 spiro atoms. The fraction of sp³-hybridized carbons (Fsp3) is 0.350. The summed E-state index contributed by atoms with van der Waals surface area (Å²) in [7, 11) is 1.70. The minimum atomic E-state index is 0.268. The number of ether oxygens (including phenoxy) is 1. The molecule has 0 unspecified atom stereocenters. The van der Waals surface area contributed by atoms with E-state index in [0.29, 0.717) is 6.54 Å². The van der Waals surface area contributed by atoms with Crippen molar-refractivity contribution in [3.05, 3.63) is 59.2 Å². The van der Waals surface area contributed by atoms with E-state index < -0.39 is 0 Å². The Balaban J connectivity index is 1.94. The van der Waals surface area contributed by atoms with E-state index in [9.17, 15) is 5.11 Å². The number of phenols is 1. The largest absolute Gasteiger partial charge is 0.508 e. The molecule has 0 aromatic heterocycles. The first-order valence-corrected chi connectivity index (χ1v) is 8.56. The maximum atomic E-state index is 9.33. The van der Waals surface area contributed by atoms with Gasteiger partial charge in [0, 0.05) is 13.1 Å². The second-order valence-corrected chi connectivity index (χ2v) is 5.85. The molecule has 5 heteroatoms. The van der Waals surface area contributed by atoms with Gasteiger partial charge in [0.05, 0.1) is 13.7 Å². The Hall–Kier alpha value is -2.69. The number of nitrogens with zero attached hydrogens (tertiary/aromatic N) is 1. The van der Waals surface area contributed by atoms with Gasteiger partial charge in [-0.3, -0.25) is 0 Å². The van der Waals surface area contributed by atoms with Gasteiger partial charge in [0.2, 0.25) is 0 Å². The maximum Gasteiger partial charge on any atom is 0.191 e. The zero-order valence-electron chi connectivity index (χ0n) is 15.2. The lowest BCUT2D eigenvalue weighted by atomic mass is 10.1. The van der Waals surface area contributed by atoms with Crippen LogP contribution in [0.1, 0.15) is 23.6 Å². The molecule has 0 fully saturated rings. The molecule has 134 valence electrons. The van der Waals surface area contributed by atoms with E-state index in [0.717, 1.165) is 36.8 Å². The number of hydrogen-bond donors (Lipinski definition) is 3. The molecule has 0 bridgehead atoms. The van der Waals surface area contributed by atoms with E-state index in [1.54, 1.807) is 19.2 Å². The molecule has 25 heavy (non-hydrogen) atoms. The van der Waals surface area contributed by atoms with Crippen LogP contribution >= 0.6 is 0 Å². The van der Waals surface area contributed by atoms with Crippen LogP contribution in [-0.4, -0.2) is 31.3 Å². The van der Waals surface area contributed by atoms with Gasteiger partial charge in [0.1, 0.15) is 11.5 Å². The highest BCUT2D eigenvalue weighted by molar-refractivity contribution is 5.79. The fourth-order valence-electron chi connectivity index (χ4n) is 2.53. The van der Waals surface area contributed by atoms with Gasteiger partial charge in [-0.1, -0.05) is 29.8 Å². The lowest BCUT2D eigenvalue weighted by molar-refractivity contribution is 0.409. The normalized spacial score (nSPS) is 11.2. The average molecular weight is 341 g/mol. The van der Waals surface area contributed by atoms with Crippen LogP contribution in [0.25, 0.3) is 0 Å². The average Bonchev–Trinajstić information content (AvgIpc) is 2.61. The van der Waals surface area contributed by atoms with E-state index in [4.69, 9.17) is 4.74 Å². The van der Waals surface area contributed by atoms with Crippen LogP contribution in [0.5, 0.6) is 11.5 Å². The highest BCUT2D eigenvalue weighted by Gasteiger charge is 2.04. The molecule has 0 aliphatic carbocycles. The van der Waals surface area contributed by atoms with Crippen molar-refractivity contribution < 1.29 is 9.84 Å². The summed E-state index contributed by atoms with van der Waals surface area (Å²) in [5, 5.41) is 15.9. The van der Waals surface area contributed by atoms with E-state index in [1.807, 2.05) is 25.1 Å². The van der Waals surface area contributed by atoms with Crippen LogP contribution in [0.3, 0.4) is 0 Å². The van der Waals surface area contributed by atoms with Gasteiger partial charge in [0.15, 0.2) is 5.96 Å². The Labute approximate surface area is 149 Å². The van der Waals surface area contributed by atoms with Crippen molar-refractivity contribution in [1.29, 1.82) is 0 Å².